The van der Waals surface area contributed by atoms with Crippen molar-refractivity contribution in [3.05, 3.63) is 29.3 Å². The molecule has 0 atom stereocenters. The quantitative estimate of drug-likeness (QED) is 0.864. The number of rotatable bonds is 5. The first-order chi connectivity index (χ1) is 10.1. The Morgan fingerprint density at radius 1 is 1.19 bits per heavy atom. The van der Waals surface area contributed by atoms with Gasteiger partial charge in [-0.25, -0.2) is 4.79 Å². The lowest BCUT2D eigenvalue weighted by Gasteiger charge is -2.38. The van der Waals surface area contributed by atoms with Crippen LogP contribution in [0.15, 0.2) is 18.2 Å². The standard InChI is InChI=1S/C16H19NO4/c18-14(17-16(15(19)20)7-2-8-16)10-21-13-6-5-11-3-1-4-12(11)9-13/h5-6,9H,1-4,7-8,10H2,(H,17,18)(H,19,20). The lowest BCUT2D eigenvalue weighted by atomic mass is 9.77. The van der Waals surface area contributed by atoms with Crippen molar-refractivity contribution in [1.82, 2.24) is 5.32 Å². The summed E-state index contributed by atoms with van der Waals surface area (Å²) in [7, 11) is 0. The van der Waals surface area contributed by atoms with Gasteiger partial charge in [0.1, 0.15) is 11.3 Å². The Kier molecular flexibility index (Phi) is 3.57. The van der Waals surface area contributed by atoms with Gasteiger partial charge in [0.2, 0.25) is 0 Å². The Bertz CT molecular complexity index is 578. The second-order valence-corrected chi connectivity index (χ2v) is 5.86. The van der Waals surface area contributed by atoms with E-state index in [2.05, 4.69) is 5.32 Å². The third-order valence-corrected chi connectivity index (χ3v) is 4.44. The minimum atomic E-state index is -1.07. The summed E-state index contributed by atoms with van der Waals surface area (Å²) in [5, 5.41) is 11.8. The molecule has 1 saturated carbocycles. The highest BCUT2D eigenvalue weighted by molar-refractivity contribution is 5.88. The van der Waals surface area contributed by atoms with Gasteiger partial charge in [0.05, 0.1) is 0 Å². The molecule has 2 aliphatic carbocycles. The number of fused-ring (bicyclic) bond motifs is 1. The minimum absolute atomic E-state index is 0.145. The molecular weight excluding hydrogens is 270 g/mol. The predicted octanol–water partition coefficient (Wildman–Crippen LogP) is 1.68. The minimum Gasteiger partial charge on any atom is -0.484 e. The highest BCUT2D eigenvalue weighted by atomic mass is 16.5. The van der Waals surface area contributed by atoms with Gasteiger partial charge in [-0.15, -0.1) is 0 Å². The largest absolute Gasteiger partial charge is 0.484 e. The highest BCUT2D eigenvalue weighted by Gasteiger charge is 2.45. The molecule has 1 fully saturated rings. The Hall–Kier alpha value is -2.04. The van der Waals surface area contributed by atoms with Gasteiger partial charge in [0.15, 0.2) is 6.61 Å². The van der Waals surface area contributed by atoms with Crippen molar-refractivity contribution in [2.45, 2.75) is 44.1 Å². The molecule has 112 valence electrons. The lowest BCUT2D eigenvalue weighted by molar-refractivity contribution is -0.152. The number of nitrogens with one attached hydrogen (secondary N) is 1. The number of carboxylic acid groups (broad SMARTS) is 1. The molecule has 0 radical (unpaired) electrons. The van der Waals surface area contributed by atoms with Crippen molar-refractivity contribution >= 4 is 11.9 Å². The maximum Gasteiger partial charge on any atom is 0.329 e. The Balaban J connectivity index is 1.55. The molecule has 1 aromatic carbocycles. The van der Waals surface area contributed by atoms with Gasteiger partial charge in [-0.05, 0) is 61.8 Å². The van der Waals surface area contributed by atoms with Crippen LogP contribution >= 0.6 is 0 Å². The molecule has 3 rings (SSSR count). The third-order valence-electron chi connectivity index (χ3n) is 4.44. The van der Waals surface area contributed by atoms with Crippen LogP contribution in [0.1, 0.15) is 36.8 Å². The first-order valence-electron chi connectivity index (χ1n) is 7.38. The van der Waals surface area contributed by atoms with E-state index in [1.807, 2.05) is 18.2 Å². The zero-order chi connectivity index (χ0) is 14.9. The molecular formula is C16H19NO4. The van der Waals surface area contributed by atoms with Gasteiger partial charge in [0, 0.05) is 0 Å². The van der Waals surface area contributed by atoms with Crippen LogP contribution in [0.2, 0.25) is 0 Å². The van der Waals surface area contributed by atoms with Crippen LogP contribution in [-0.4, -0.2) is 29.1 Å². The Labute approximate surface area is 123 Å². The second-order valence-electron chi connectivity index (χ2n) is 5.86. The topological polar surface area (TPSA) is 75.6 Å². The van der Waals surface area contributed by atoms with E-state index >= 15 is 0 Å². The summed E-state index contributed by atoms with van der Waals surface area (Å²) in [5.41, 5.74) is 1.57. The Morgan fingerprint density at radius 3 is 2.62 bits per heavy atom. The van der Waals surface area contributed by atoms with Gasteiger partial charge in [-0.2, -0.15) is 0 Å². The van der Waals surface area contributed by atoms with E-state index in [-0.39, 0.29) is 12.5 Å². The predicted molar refractivity (Wildman–Crippen MR) is 76.3 cm³/mol. The average molecular weight is 289 g/mol. The monoisotopic (exact) mass is 289 g/mol. The fourth-order valence-corrected chi connectivity index (χ4v) is 3.01. The lowest BCUT2D eigenvalue weighted by Crippen LogP contribution is -2.59. The van der Waals surface area contributed by atoms with E-state index in [9.17, 15) is 9.59 Å². The van der Waals surface area contributed by atoms with Crippen molar-refractivity contribution in [2.75, 3.05) is 6.61 Å². The summed E-state index contributed by atoms with van der Waals surface area (Å²) in [5.74, 6) is -0.666. The molecule has 0 saturated heterocycles. The number of carboxylic acids is 1. The fourth-order valence-electron chi connectivity index (χ4n) is 3.01. The number of carbonyl (C=O) groups excluding carboxylic acids is 1. The number of ether oxygens (including phenoxy) is 1. The molecule has 1 aromatic rings. The Morgan fingerprint density at radius 2 is 1.95 bits per heavy atom. The molecule has 5 heteroatoms. The van der Waals surface area contributed by atoms with Crippen molar-refractivity contribution < 1.29 is 19.4 Å². The van der Waals surface area contributed by atoms with E-state index in [0.717, 1.165) is 19.3 Å². The van der Waals surface area contributed by atoms with Crippen LogP contribution in [0.5, 0.6) is 5.75 Å². The van der Waals surface area contributed by atoms with E-state index in [1.54, 1.807) is 0 Å². The summed E-state index contributed by atoms with van der Waals surface area (Å²) in [6.07, 6.45) is 5.15. The van der Waals surface area contributed by atoms with Crippen LogP contribution in [-0.2, 0) is 22.4 Å². The van der Waals surface area contributed by atoms with E-state index in [4.69, 9.17) is 9.84 Å². The number of benzene rings is 1. The molecule has 0 spiro atoms. The number of hydrogen-bond acceptors (Lipinski definition) is 3. The molecule has 5 nitrogen and oxygen atoms in total. The van der Waals surface area contributed by atoms with E-state index in [1.165, 1.54) is 17.5 Å². The average Bonchev–Trinajstić information content (AvgIpc) is 2.87. The van der Waals surface area contributed by atoms with Crippen LogP contribution in [0.25, 0.3) is 0 Å². The molecule has 0 heterocycles. The van der Waals surface area contributed by atoms with Crippen molar-refractivity contribution in [1.29, 1.82) is 0 Å². The van der Waals surface area contributed by atoms with Crippen LogP contribution in [0.3, 0.4) is 0 Å². The number of aliphatic carboxylic acids is 1. The highest BCUT2D eigenvalue weighted by Crippen LogP contribution is 2.32. The zero-order valence-corrected chi connectivity index (χ0v) is 11.9. The van der Waals surface area contributed by atoms with Gasteiger partial charge in [-0.3, -0.25) is 4.79 Å². The van der Waals surface area contributed by atoms with Crippen LogP contribution in [0, 0.1) is 0 Å². The van der Waals surface area contributed by atoms with Gasteiger partial charge in [0.25, 0.3) is 5.91 Å². The van der Waals surface area contributed by atoms with Crippen LogP contribution < -0.4 is 10.1 Å². The molecule has 0 unspecified atom stereocenters. The number of carbonyl (C=O) groups is 2. The van der Waals surface area contributed by atoms with Crippen LogP contribution in [0.4, 0.5) is 0 Å². The normalized spacial score (nSPS) is 18.5. The smallest absolute Gasteiger partial charge is 0.329 e. The molecule has 0 aliphatic heterocycles. The fraction of sp³-hybridized carbons (Fsp3) is 0.500. The number of amides is 1. The first-order valence-corrected chi connectivity index (χ1v) is 7.38. The van der Waals surface area contributed by atoms with Gasteiger partial charge < -0.3 is 15.2 Å². The summed E-state index contributed by atoms with van der Waals surface area (Å²) >= 11 is 0. The first kappa shape index (κ1) is 13.9. The molecule has 2 N–H and O–H groups in total. The number of hydrogen-bond donors (Lipinski definition) is 2. The summed E-state index contributed by atoms with van der Waals surface area (Å²) in [6, 6.07) is 5.89. The second kappa shape index (κ2) is 5.39. The molecule has 2 aliphatic rings. The third kappa shape index (κ3) is 2.73. The molecule has 1 amide bonds. The number of aryl methyl sites for hydroxylation is 2. The molecule has 0 bridgehead atoms. The summed E-state index contributed by atoms with van der Waals surface area (Å²) < 4.78 is 5.48. The van der Waals surface area contributed by atoms with Crippen molar-refractivity contribution in [3.8, 4) is 5.75 Å². The van der Waals surface area contributed by atoms with E-state index in [0.29, 0.717) is 18.6 Å². The zero-order valence-electron chi connectivity index (χ0n) is 11.9. The van der Waals surface area contributed by atoms with E-state index < -0.39 is 11.5 Å². The van der Waals surface area contributed by atoms with Gasteiger partial charge >= 0.3 is 5.97 Å². The molecule has 21 heavy (non-hydrogen) atoms. The maximum atomic E-state index is 11.9. The molecule has 0 aromatic heterocycles. The maximum absolute atomic E-state index is 11.9. The van der Waals surface area contributed by atoms with Gasteiger partial charge in [-0.1, -0.05) is 6.07 Å². The van der Waals surface area contributed by atoms with Crippen molar-refractivity contribution in [2.24, 2.45) is 0 Å². The summed E-state index contributed by atoms with van der Waals surface area (Å²) in [6.45, 7) is -0.145. The summed E-state index contributed by atoms with van der Waals surface area (Å²) in [4.78, 5) is 23.0. The SMILES string of the molecule is O=C(COc1ccc2c(c1)CCC2)NC1(C(=O)O)CCC1. The van der Waals surface area contributed by atoms with Crippen molar-refractivity contribution in [3.63, 3.8) is 0 Å².